The predicted molar refractivity (Wildman–Crippen MR) is 39.8 cm³/mol. The predicted octanol–water partition coefficient (Wildman–Crippen LogP) is 0.652. The summed E-state index contributed by atoms with van der Waals surface area (Å²) in [6, 6.07) is 1.35. The zero-order chi connectivity index (χ0) is 6.97. The Hall–Kier alpha value is -0.0800. The first kappa shape index (κ1) is 6.62. The van der Waals surface area contributed by atoms with Gasteiger partial charge >= 0.3 is 0 Å². The average Bonchev–Trinajstić information content (AvgIpc) is 2.22. The molecule has 2 fully saturated rings. The van der Waals surface area contributed by atoms with E-state index in [4.69, 9.17) is 0 Å². The van der Waals surface area contributed by atoms with E-state index in [1.54, 1.807) is 0 Å². The number of hydrogen-bond donors (Lipinski definition) is 2. The minimum atomic E-state index is -0.0252. The van der Waals surface area contributed by atoms with Crippen molar-refractivity contribution in [2.75, 3.05) is 0 Å². The number of hydrogen-bond acceptors (Lipinski definition) is 2. The van der Waals surface area contributed by atoms with E-state index in [1.807, 2.05) is 0 Å². The van der Waals surface area contributed by atoms with Crippen LogP contribution >= 0.6 is 0 Å². The zero-order valence-corrected chi connectivity index (χ0v) is 6.21. The van der Waals surface area contributed by atoms with E-state index in [-0.39, 0.29) is 6.10 Å². The molecule has 3 unspecified atom stereocenters. The van der Waals surface area contributed by atoms with Crippen molar-refractivity contribution < 1.29 is 5.11 Å². The van der Waals surface area contributed by atoms with Gasteiger partial charge in [0.2, 0.25) is 0 Å². The Morgan fingerprint density at radius 3 is 2.60 bits per heavy atom. The van der Waals surface area contributed by atoms with Crippen molar-refractivity contribution in [2.24, 2.45) is 0 Å². The van der Waals surface area contributed by atoms with E-state index < -0.39 is 0 Å². The highest BCUT2D eigenvalue weighted by atomic mass is 16.3. The van der Waals surface area contributed by atoms with Crippen molar-refractivity contribution >= 4 is 0 Å². The first-order valence-electron chi connectivity index (χ1n) is 4.29. The van der Waals surface area contributed by atoms with Crippen LogP contribution < -0.4 is 5.32 Å². The maximum absolute atomic E-state index is 9.37. The molecule has 2 heteroatoms. The molecule has 2 bridgehead atoms. The smallest absolute Gasteiger partial charge is 0.0555 e. The van der Waals surface area contributed by atoms with Crippen LogP contribution in [0.15, 0.2) is 0 Å². The highest BCUT2D eigenvalue weighted by molar-refractivity contribution is 4.88. The van der Waals surface area contributed by atoms with Crippen LogP contribution in [0.25, 0.3) is 0 Å². The van der Waals surface area contributed by atoms with Crippen molar-refractivity contribution in [3.05, 3.63) is 0 Å². The standard InChI is InChI=1S/C8H15NO/c10-8-4-3-6-1-2-7(5-8)9-6/h6-10H,1-5H2. The summed E-state index contributed by atoms with van der Waals surface area (Å²) in [5, 5.41) is 12.9. The van der Waals surface area contributed by atoms with Crippen LogP contribution in [-0.4, -0.2) is 23.3 Å². The van der Waals surface area contributed by atoms with Gasteiger partial charge in [0, 0.05) is 12.1 Å². The van der Waals surface area contributed by atoms with Gasteiger partial charge in [0.05, 0.1) is 6.10 Å². The van der Waals surface area contributed by atoms with Gasteiger partial charge in [-0.2, -0.15) is 0 Å². The van der Waals surface area contributed by atoms with Gasteiger partial charge in [0.1, 0.15) is 0 Å². The third-order valence-corrected chi connectivity index (χ3v) is 2.74. The van der Waals surface area contributed by atoms with Crippen LogP contribution in [-0.2, 0) is 0 Å². The molecule has 0 spiro atoms. The summed E-state index contributed by atoms with van der Waals surface area (Å²) in [6.45, 7) is 0. The SMILES string of the molecule is OC1CCC2CCC(C1)N2. The molecular weight excluding hydrogens is 126 g/mol. The fourth-order valence-electron chi connectivity index (χ4n) is 2.16. The Kier molecular flexibility index (Phi) is 1.66. The van der Waals surface area contributed by atoms with Gasteiger partial charge in [-0.15, -0.1) is 0 Å². The monoisotopic (exact) mass is 141 g/mol. The molecule has 2 heterocycles. The van der Waals surface area contributed by atoms with E-state index in [2.05, 4.69) is 5.32 Å². The minimum absolute atomic E-state index is 0.0252. The molecule has 0 aromatic rings. The zero-order valence-electron chi connectivity index (χ0n) is 6.21. The van der Waals surface area contributed by atoms with Crippen molar-refractivity contribution in [3.8, 4) is 0 Å². The number of aliphatic hydroxyl groups excluding tert-OH is 1. The molecule has 0 amide bonds. The Morgan fingerprint density at radius 1 is 1.00 bits per heavy atom. The Bertz CT molecular complexity index is 126. The van der Waals surface area contributed by atoms with Crippen LogP contribution in [0.5, 0.6) is 0 Å². The quantitative estimate of drug-likeness (QED) is 0.519. The second kappa shape index (κ2) is 2.51. The van der Waals surface area contributed by atoms with E-state index in [9.17, 15) is 5.11 Å². The molecule has 2 rings (SSSR count). The van der Waals surface area contributed by atoms with Crippen molar-refractivity contribution in [2.45, 2.75) is 50.3 Å². The molecular formula is C8H15NO. The Morgan fingerprint density at radius 2 is 1.70 bits per heavy atom. The topological polar surface area (TPSA) is 32.3 Å². The lowest BCUT2D eigenvalue weighted by atomic mass is 9.99. The molecule has 2 saturated heterocycles. The van der Waals surface area contributed by atoms with Gasteiger partial charge in [0.25, 0.3) is 0 Å². The molecule has 0 saturated carbocycles. The number of aliphatic hydroxyl groups is 1. The van der Waals surface area contributed by atoms with Crippen LogP contribution in [0.1, 0.15) is 32.1 Å². The number of fused-ring (bicyclic) bond motifs is 2. The normalized spacial score (nSPS) is 47.1. The van der Waals surface area contributed by atoms with Gasteiger partial charge in [-0.1, -0.05) is 0 Å². The fourth-order valence-corrected chi connectivity index (χ4v) is 2.16. The van der Waals surface area contributed by atoms with Crippen LogP contribution in [0.2, 0.25) is 0 Å². The summed E-state index contributed by atoms with van der Waals surface area (Å²) >= 11 is 0. The molecule has 2 N–H and O–H groups in total. The molecule has 0 aromatic carbocycles. The van der Waals surface area contributed by atoms with Gasteiger partial charge in [-0.05, 0) is 32.1 Å². The fraction of sp³-hybridized carbons (Fsp3) is 1.00. The molecule has 58 valence electrons. The van der Waals surface area contributed by atoms with Crippen molar-refractivity contribution in [3.63, 3.8) is 0 Å². The maximum Gasteiger partial charge on any atom is 0.0555 e. The number of rotatable bonds is 0. The Balaban J connectivity index is 1.99. The summed E-state index contributed by atoms with van der Waals surface area (Å²) in [5.74, 6) is 0. The van der Waals surface area contributed by atoms with Gasteiger partial charge in [-0.25, -0.2) is 0 Å². The van der Waals surface area contributed by atoms with Gasteiger partial charge < -0.3 is 10.4 Å². The lowest BCUT2D eigenvalue weighted by Crippen LogP contribution is -2.27. The first-order valence-corrected chi connectivity index (χ1v) is 4.29. The third kappa shape index (κ3) is 1.18. The summed E-state index contributed by atoms with van der Waals surface area (Å²) in [4.78, 5) is 0. The van der Waals surface area contributed by atoms with Gasteiger partial charge in [-0.3, -0.25) is 0 Å². The second-order valence-corrected chi connectivity index (χ2v) is 3.60. The van der Waals surface area contributed by atoms with Crippen LogP contribution in [0, 0.1) is 0 Å². The van der Waals surface area contributed by atoms with Crippen molar-refractivity contribution in [1.29, 1.82) is 0 Å². The van der Waals surface area contributed by atoms with Crippen molar-refractivity contribution in [1.82, 2.24) is 5.32 Å². The molecule has 3 atom stereocenters. The second-order valence-electron chi connectivity index (χ2n) is 3.60. The van der Waals surface area contributed by atoms with E-state index in [0.29, 0.717) is 6.04 Å². The maximum atomic E-state index is 9.37. The summed E-state index contributed by atoms with van der Waals surface area (Å²) in [5.41, 5.74) is 0. The minimum Gasteiger partial charge on any atom is -0.393 e. The van der Waals surface area contributed by atoms with E-state index in [0.717, 1.165) is 18.9 Å². The molecule has 0 radical (unpaired) electrons. The van der Waals surface area contributed by atoms with Gasteiger partial charge in [0.15, 0.2) is 0 Å². The molecule has 0 aliphatic carbocycles. The van der Waals surface area contributed by atoms with Crippen LogP contribution in [0.3, 0.4) is 0 Å². The molecule has 2 aliphatic rings. The third-order valence-electron chi connectivity index (χ3n) is 2.74. The highest BCUT2D eigenvalue weighted by Crippen LogP contribution is 2.25. The summed E-state index contributed by atoms with van der Waals surface area (Å²) in [6.07, 6.45) is 5.75. The lowest BCUT2D eigenvalue weighted by Gasteiger charge is -2.11. The summed E-state index contributed by atoms with van der Waals surface area (Å²) < 4.78 is 0. The Labute approximate surface area is 61.6 Å². The summed E-state index contributed by atoms with van der Waals surface area (Å²) in [7, 11) is 0. The van der Waals surface area contributed by atoms with E-state index in [1.165, 1.54) is 19.3 Å². The first-order chi connectivity index (χ1) is 4.84. The lowest BCUT2D eigenvalue weighted by molar-refractivity contribution is 0.146. The average molecular weight is 141 g/mol. The van der Waals surface area contributed by atoms with E-state index >= 15 is 0 Å². The highest BCUT2D eigenvalue weighted by Gasteiger charge is 2.29. The van der Waals surface area contributed by atoms with Crippen LogP contribution in [0.4, 0.5) is 0 Å². The molecule has 2 aliphatic heterocycles. The molecule has 10 heavy (non-hydrogen) atoms. The largest absolute Gasteiger partial charge is 0.393 e. The molecule has 2 nitrogen and oxygen atoms in total. The molecule has 0 aromatic heterocycles. The number of nitrogens with one attached hydrogen (secondary N) is 1.